The lowest BCUT2D eigenvalue weighted by molar-refractivity contribution is -0.144. The number of aromatic nitrogens is 4. The molecule has 0 aliphatic carbocycles. The summed E-state index contributed by atoms with van der Waals surface area (Å²) in [5.74, 6) is -0.498. The van der Waals surface area contributed by atoms with Gasteiger partial charge in [0.1, 0.15) is 5.69 Å². The van der Waals surface area contributed by atoms with E-state index in [1.165, 1.54) is 13.1 Å². The van der Waals surface area contributed by atoms with Crippen LogP contribution in [0.15, 0.2) is 12.3 Å². The van der Waals surface area contributed by atoms with Gasteiger partial charge < -0.3 is 5.32 Å². The van der Waals surface area contributed by atoms with Gasteiger partial charge in [0.25, 0.3) is 5.91 Å². The Balaban J connectivity index is 1.98. The van der Waals surface area contributed by atoms with Crippen molar-refractivity contribution in [3.8, 4) is 0 Å². The molecule has 0 unspecified atom stereocenters. The molecular weight excluding hydrogens is 335 g/mol. The zero-order chi connectivity index (χ0) is 18.8. The molecule has 25 heavy (non-hydrogen) atoms. The summed E-state index contributed by atoms with van der Waals surface area (Å²) in [7, 11) is 0. The summed E-state index contributed by atoms with van der Waals surface area (Å²) in [6.45, 7) is 7.98. The zero-order valence-electron chi connectivity index (χ0n) is 14.7. The summed E-state index contributed by atoms with van der Waals surface area (Å²) < 4.78 is 41.6. The second-order valence-electron chi connectivity index (χ2n) is 6.13. The SMILES string of the molecule is CCn1ncc(C(=O)NC[C@H](C)Cn2nc(C)cc2C(F)(F)F)c1C. The van der Waals surface area contributed by atoms with Crippen LogP contribution in [-0.4, -0.2) is 32.0 Å². The molecule has 1 N–H and O–H groups in total. The van der Waals surface area contributed by atoms with Crippen molar-refractivity contribution in [1.29, 1.82) is 0 Å². The van der Waals surface area contributed by atoms with Crippen LogP contribution in [0.1, 0.15) is 41.3 Å². The van der Waals surface area contributed by atoms with E-state index >= 15 is 0 Å². The standard InChI is InChI=1S/C16H22F3N5O/c1-5-23-12(4)13(8-21-23)15(25)20-7-10(2)9-24-14(16(17,18)19)6-11(3)22-24/h6,8,10H,5,7,9H2,1-4H3,(H,20,25)/t10-/m0/s1. The highest BCUT2D eigenvalue weighted by atomic mass is 19.4. The number of rotatable bonds is 6. The number of nitrogens with zero attached hydrogens (tertiary/aromatic N) is 4. The fourth-order valence-corrected chi connectivity index (χ4v) is 2.62. The Bertz CT molecular complexity index is 748. The Morgan fingerprint density at radius 2 is 2.00 bits per heavy atom. The van der Waals surface area contributed by atoms with Crippen molar-refractivity contribution in [2.24, 2.45) is 5.92 Å². The predicted octanol–water partition coefficient (Wildman–Crippen LogP) is 2.80. The molecule has 2 aromatic heterocycles. The third-order valence-electron chi connectivity index (χ3n) is 3.94. The van der Waals surface area contributed by atoms with Gasteiger partial charge >= 0.3 is 6.18 Å². The Labute approximate surface area is 144 Å². The average molecular weight is 357 g/mol. The number of alkyl halides is 3. The van der Waals surface area contributed by atoms with Gasteiger partial charge in [0.05, 0.1) is 17.5 Å². The van der Waals surface area contributed by atoms with Crippen molar-refractivity contribution in [3.05, 3.63) is 34.9 Å². The van der Waals surface area contributed by atoms with E-state index in [2.05, 4.69) is 15.5 Å². The van der Waals surface area contributed by atoms with Gasteiger partial charge in [0.2, 0.25) is 0 Å². The van der Waals surface area contributed by atoms with Gasteiger partial charge in [0, 0.05) is 25.3 Å². The highest BCUT2D eigenvalue weighted by Gasteiger charge is 2.35. The average Bonchev–Trinajstić information content (AvgIpc) is 3.07. The van der Waals surface area contributed by atoms with E-state index < -0.39 is 11.9 Å². The van der Waals surface area contributed by atoms with E-state index in [1.54, 1.807) is 18.5 Å². The number of carbonyl (C=O) groups excluding carboxylic acids is 1. The van der Waals surface area contributed by atoms with Crippen molar-refractivity contribution in [3.63, 3.8) is 0 Å². The summed E-state index contributed by atoms with van der Waals surface area (Å²) >= 11 is 0. The van der Waals surface area contributed by atoms with E-state index in [0.29, 0.717) is 17.8 Å². The first-order chi connectivity index (χ1) is 11.6. The van der Waals surface area contributed by atoms with Crippen LogP contribution in [0, 0.1) is 19.8 Å². The normalized spacial score (nSPS) is 13.1. The zero-order valence-corrected chi connectivity index (χ0v) is 14.7. The van der Waals surface area contributed by atoms with Crippen molar-refractivity contribution >= 4 is 5.91 Å². The van der Waals surface area contributed by atoms with E-state index in [9.17, 15) is 18.0 Å². The summed E-state index contributed by atoms with van der Waals surface area (Å²) in [6, 6.07) is 1.02. The minimum absolute atomic E-state index is 0.0656. The lowest BCUT2D eigenvalue weighted by Gasteiger charge is -2.16. The highest BCUT2D eigenvalue weighted by Crippen LogP contribution is 2.30. The molecule has 0 radical (unpaired) electrons. The number of hydrogen-bond donors (Lipinski definition) is 1. The number of carbonyl (C=O) groups is 1. The first-order valence-electron chi connectivity index (χ1n) is 8.05. The van der Waals surface area contributed by atoms with Gasteiger partial charge in [-0.2, -0.15) is 23.4 Å². The van der Waals surface area contributed by atoms with Crippen LogP contribution in [0.4, 0.5) is 13.2 Å². The lowest BCUT2D eigenvalue weighted by Crippen LogP contribution is -2.31. The molecule has 2 aromatic rings. The molecule has 0 spiro atoms. The monoisotopic (exact) mass is 357 g/mol. The third kappa shape index (κ3) is 4.40. The first kappa shape index (κ1) is 19.0. The Hall–Kier alpha value is -2.32. The van der Waals surface area contributed by atoms with Gasteiger partial charge in [-0.1, -0.05) is 6.92 Å². The van der Waals surface area contributed by atoms with Crippen LogP contribution >= 0.6 is 0 Å². The van der Waals surface area contributed by atoms with Crippen LogP contribution in [0.2, 0.25) is 0 Å². The van der Waals surface area contributed by atoms with Gasteiger partial charge in [0.15, 0.2) is 0 Å². The number of hydrogen-bond acceptors (Lipinski definition) is 3. The molecule has 0 bridgehead atoms. The van der Waals surface area contributed by atoms with Crippen molar-refractivity contribution < 1.29 is 18.0 Å². The predicted molar refractivity (Wildman–Crippen MR) is 86.1 cm³/mol. The second kappa shape index (κ2) is 7.28. The maximum absolute atomic E-state index is 13.0. The summed E-state index contributed by atoms with van der Waals surface area (Å²) in [6.07, 6.45) is -2.95. The molecule has 1 atom stereocenters. The van der Waals surface area contributed by atoms with Crippen molar-refractivity contribution in [2.45, 2.75) is 47.0 Å². The maximum atomic E-state index is 13.0. The first-order valence-corrected chi connectivity index (χ1v) is 8.05. The minimum Gasteiger partial charge on any atom is -0.352 e. The number of nitrogens with one attached hydrogen (secondary N) is 1. The summed E-state index contributed by atoms with van der Waals surface area (Å²) in [4.78, 5) is 12.2. The molecule has 2 rings (SSSR count). The minimum atomic E-state index is -4.45. The second-order valence-corrected chi connectivity index (χ2v) is 6.13. The van der Waals surface area contributed by atoms with Crippen LogP contribution in [0.25, 0.3) is 0 Å². The fourth-order valence-electron chi connectivity index (χ4n) is 2.62. The number of amides is 1. The Kier molecular flexibility index (Phi) is 5.54. The van der Waals surface area contributed by atoms with Crippen LogP contribution in [0.5, 0.6) is 0 Å². The highest BCUT2D eigenvalue weighted by molar-refractivity contribution is 5.95. The number of halogens is 3. The molecule has 0 aliphatic heterocycles. The molecule has 0 saturated carbocycles. The largest absolute Gasteiger partial charge is 0.433 e. The van der Waals surface area contributed by atoms with Crippen molar-refractivity contribution in [1.82, 2.24) is 24.9 Å². The molecule has 138 valence electrons. The molecule has 1 amide bonds. The summed E-state index contributed by atoms with van der Waals surface area (Å²) in [5, 5.41) is 10.8. The van der Waals surface area contributed by atoms with E-state index in [-0.39, 0.29) is 24.9 Å². The fraction of sp³-hybridized carbons (Fsp3) is 0.562. The lowest BCUT2D eigenvalue weighted by atomic mass is 10.1. The van der Waals surface area contributed by atoms with Gasteiger partial charge in [-0.05, 0) is 32.8 Å². The van der Waals surface area contributed by atoms with E-state index in [4.69, 9.17) is 0 Å². The smallest absolute Gasteiger partial charge is 0.352 e. The molecular formula is C16H22F3N5O. The molecule has 0 aliphatic rings. The molecule has 0 aromatic carbocycles. The third-order valence-corrected chi connectivity index (χ3v) is 3.94. The van der Waals surface area contributed by atoms with E-state index in [0.717, 1.165) is 16.4 Å². The van der Waals surface area contributed by atoms with Gasteiger partial charge in [-0.3, -0.25) is 14.2 Å². The molecule has 2 heterocycles. The quantitative estimate of drug-likeness (QED) is 0.865. The Morgan fingerprint density at radius 3 is 2.56 bits per heavy atom. The summed E-state index contributed by atoms with van der Waals surface area (Å²) in [5.41, 5.74) is 0.768. The molecule has 6 nitrogen and oxygen atoms in total. The number of aryl methyl sites for hydroxylation is 2. The van der Waals surface area contributed by atoms with Crippen LogP contribution in [0.3, 0.4) is 0 Å². The van der Waals surface area contributed by atoms with Crippen molar-refractivity contribution in [2.75, 3.05) is 6.54 Å². The molecule has 0 fully saturated rings. The van der Waals surface area contributed by atoms with E-state index in [1.807, 2.05) is 6.92 Å². The maximum Gasteiger partial charge on any atom is 0.433 e. The molecule has 9 heteroatoms. The topological polar surface area (TPSA) is 64.7 Å². The Morgan fingerprint density at radius 1 is 1.32 bits per heavy atom. The van der Waals surface area contributed by atoms with Crippen LogP contribution in [-0.2, 0) is 19.3 Å². The van der Waals surface area contributed by atoms with Crippen LogP contribution < -0.4 is 5.32 Å². The van der Waals surface area contributed by atoms with Gasteiger partial charge in [-0.15, -0.1) is 0 Å². The molecule has 0 saturated heterocycles. The van der Waals surface area contributed by atoms with Gasteiger partial charge in [-0.25, -0.2) is 0 Å².